The van der Waals surface area contributed by atoms with Gasteiger partial charge in [-0.25, -0.2) is 23.1 Å². The van der Waals surface area contributed by atoms with Gasteiger partial charge in [0.25, 0.3) is 0 Å². The third-order valence-corrected chi connectivity index (χ3v) is 6.79. The van der Waals surface area contributed by atoms with Crippen molar-refractivity contribution in [3.63, 3.8) is 0 Å². The summed E-state index contributed by atoms with van der Waals surface area (Å²) in [5.41, 5.74) is 2.25. The van der Waals surface area contributed by atoms with Crippen LogP contribution in [0, 0.1) is 0 Å². The molecule has 0 N–H and O–H groups in total. The van der Waals surface area contributed by atoms with Crippen LogP contribution >= 0.6 is 11.6 Å². The maximum absolute atomic E-state index is 13.0. The lowest BCUT2D eigenvalue weighted by Gasteiger charge is -2.31. The van der Waals surface area contributed by atoms with Crippen molar-refractivity contribution in [2.24, 2.45) is 7.05 Å². The molecule has 1 fully saturated rings. The minimum atomic E-state index is -3.59. The maximum atomic E-state index is 13.0. The summed E-state index contributed by atoms with van der Waals surface area (Å²) in [5.74, 6) is -0.0156. The van der Waals surface area contributed by atoms with E-state index in [9.17, 15) is 8.42 Å². The Hall–Kier alpha value is -2.03. The van der Waals surface area contributed by atoms with Crippen molar-refractivity contribution in [2.45, 2.75) is 23.7 Å². The summed E-state index contributed by atoms with van der Waals surface area (Å²) in [7, 11) is -1.77. The number of hydrogen-bond acceptors (Lipinski definition) is 5. The zero-order valence-electron chi connectivity index (χ0n) is 14.2. The molecule has 2 aromatic heterocycles. The van der Waals surface area contributed by atoms with E-state index in [-0.39, 0.29) is 10.8 Å². The van der Waals surface area contributed by atoms with E-state index in [1.807, 2.05) is 7.05 Å². The van der Waals surface area contributed by atoms with Crippen LogP contribution in [0.5, 0.6) is 0 Å². The second-order valence-corrected chi connectivity index (χ2v) is 8.77. The van der Waals surface area contributed by atoms with Crippen molar-refractivity contribution in [2.75, 3.05) is 13.1 Å². The molecule has 0 amide bonds. The largest absolute Gasteiger partial charge is 0.249 e. The van der Waals surface area contributed by atoms with Gasteiger partial charge in [0.1, 0.15) is 5.52 Å². The zero-order valence-corrected chi connectivity index (χ0v) is 15.8. The lowest BCUT2D eigenvalue weighted by atomic mass is 9.96. The summed E-state index contributed by atoms with van der Waals surface area (Å²) < 4.78 is 29.2. The predicted molar refractivity (Wildman–Crippen MR) is 98.5 cm³/mol. The molecule has 136 valence electrons. The highest BCUT2D eigenvalue weighted by Crippen LogP contribution is 2.32. The first-order valence-electron chi connectivity index (χ1n) is 8.36. The molecule has 3 aromatic rings. The summed E-state index contributed by atoms with van der Waals surface area (Å²) >= 11 is 5.97. The highest BCUT2D eigenvalue weighted by molar-refractivity contribution is 7.89. The van der Waals surface area contributed by atoms with E-state index in [1.165, 1.54) is 10.4 Å². The van der Waals surface area contributed by atoms with Crippen LogP contribution in [0.3, 0.4) is 0 Å². The molecule has 1 atom stereocenters. The van der Waals surface area contributed by atoms with Gasteiger partial charge in [-0.1, -0.05) is 17.7 Å². The van der Waals surface area contributed by atoms with E-state index in [2.05, 4.69) is 15.1 Å². The van der Waals surface area contributed by atoms with Crippen molar-refractivity contribution in [3.05, 3.63) is 47.4 Å². The van der Waals surface area contributed by atoms with Crippen LogP contribution in [0.4, 0.5) is 0 Å². The molecule has 1 saturated heterocycles. The molecule has 0 aliphatic carbocycles. The summed E-state index contributed by atoms with van der Waals surface area (Å²) in [4.78, 5) is 8.93. The van der Waals surface area contributed by atoms with Gasteiger partial charge in [-0.15, -0.1) is 0 Å². The summed E-state index contributed by atoms with van der Waals surface area (Å²) in [6, 6.07) is 6.38. The number of hydrogen-bond donors (Lipinski definition) is 0. The first kappa shape index (κ1) is 17.4. The monoisotopic (exact) mass is 391 g/mol. The lowest BCUT2D eigenvalue weighted by Crippen LogP contribution is -2.39. The zero-order chi connectivity index (χ0) is 18.3. The number of aromatic nitrogens is 4. The molecule has 7 nitrogen and oxygen atoms in total. The molecule has 26 heavy (non-hydrogen) atoms. The lowest BCUT2D eigenvalue weighted by molar-refractivity contribution is 0.312. The van der Waals surface area contributed by atoms with Crippen molar-refractivity contribution in [1.29, 1.82) is 0 Å². The number of fused-ring (bicyclic) bond motifs is 1. The number of nitrogens with zero attached hydrogens (tertiary/aromatic N) is 5. The topological polar surface area (TPSA) is 81.0 Å². The predicted octanol–water partition coefficient (Wildman–Crippen LogP) is 2.59. The Balaban J connectivity index is 1.67. The average molecular weight is 392 g/mol. The van der Waals surface area contributed by atoms with Crippen molar-refractivity contribution in [1.82, 2.24) is 24.1 Å². The minimum absolute atomic E-state index is 0.0156. The number of sulfonamides is 1. The van der Waals surface area contributed by atoms with Crippen LogP contribution in [0.25, 0.3) is 11.2 Å². The summed E-state index contributed by atoms with van der Waals surface area (Å²) in [6.07, 6.45) is 4.90. The minimum Gasteiger partial charge on any atom is -0.249 e. The fourth-order valence-electron chi connectivity index (χ4n) is 3.44. The Bertz CT molecular complexity index is 1070. The Morgan fingerprint density at radius 1 is 1.23 bits per heavy atom. The molecule has 9 heteroatoms. The average Bonchev–Trinajstić information content (AvgIpc) is 2.99. The molecule has 0 unspecified atom stereocenters. The van der Waals surface area contributed by atoms with Gasteiger partial charge >= 0.3 is 0 Å². The van der Waals surface area contributed by atoms with Gasteiger partial charge < -0.3 is 0 Å². The molecule has 1 aliphatic rings. The fraction of sp³-hybridized carbons (Fsp3) is 0.353. The Kier molecular flexibility index (Phi) is 4.42. The number of piperidine rings is 1. The molecule has 0 bridgehead atoms. The number of rotatable bonds is 3. The molecular formula is C17H18ClN5O2S. The maximum Gasteiger partial charge on any atom is 0.243 e. The van der Waals surface area contributed by atoms with E-state index in [0.29, 0.717) is 23.8 Å². The van der Waals surface area contributed by atoms with E-state index in [4.69, 9.17) is 11.6 Å². The Labute approximate surface area is 156 Å². The van der Waals surface area contributed by atoms with Gasteiger partial charge in [-0.2, -0.15) is 9.40 Å². The van der Waals surface area contributed by atoms with Gasteiger partial charge in [0, 0.05) is 43.5 Å². The smallest absolute Gasteiger partial charge is 0.243 e. The number of aryl methyl sites for hydroxylation is 1. The Morgan fingerprint density at radius 3 is 2.85 bits per heavy atom. The van der Waals surface area contributed by atoms with Crippen LogP contribution in [-0.2, 0) is 17.1 Å². The van der Waals surface area contributed by atoms with Crippen molar-refractivity contribution < 1.29 is 8.42 Å². The molecule has 3 heterocycles. The second kappa shape index (κ2) is 6.61. The van der Waals surface area contributed by atoms with Gasteiger partial charge in [0.05, 0.1) is 10.6 Å². The standard InChI is InChI=1S/C17H18ClN5O2S/c1-22-17-16(19-7-8-20-17)15(21-22)12-4-3-9-23(11-12)26(24,25)14-6-2-5-13(18)10-14/h2,5-8,10,12H,3-4,9,11H2,1H3/t12-/m0/s1. The number of halogens is 1. The van der Waals surface area contributed by atoms with Crippen LogP contribution in [0.15, 0.2) is 41.6 Å². The van der Waals surface area contributed by atoms with Crippen LogP contribution in [-0.4, -0.2) is 45.6 Å². The third-order valence-electron chi connectivity index (χ3n) is 4.69. The molecule has 1 aliphatic heterocycles. The number of benzene rings is 1. The quantitative estimate of drug-likeness (QED) is 0.685. The van der Waals surface area contributed by atoms with E-state index in [1.54, 1.807) is 35.3 Å². The molecule has 1 aromatic carbocycles. The molecule has 4 rings (SSSR count). The first-order chi connectivity index (χ1) is 12.5. The van der Waals surface area contributed by atoms with E-state index >= 15 is 0 Å². The van der Waals surface area contributed by atoms with Crippen molar-refractivity contribution >= 4 is 32.8 Å². The highest BCUT2D eigenvalue weighted by atomic mass is 35.5. The highest BCUT2D eigenvalue weighted by Gasteiger charge is 2.33. The summed E-state index contributed by atoms with van der Waals surface area (Å²) in [5, 5.41) is 4.97. The van der Waals surface area contributed by atoms with Crippen LogP contribution < -0.4 is 0 Å². The van der Waals surface area contributed by atoms with Gasteiger partial charge in [-0.05, 0) is 31.0 Å². The fourth-order valence-corrected chi connectivity index (χ4v) is 5.27. The van der Waals surface area contributed by atoms with Crippen LogP contribution in [0.2, 0.25) is 5.02 Å². The summed E-state index contributed by atoms with van der Waals surface area (Å²) in [6.45, 7) is 0.860. The SMILES string of the molecule is Cn1nc([C@H]2CCCN(S(=O)(=O)c3cccc(Cl)c3)C2)c2nccnc21. The van der Waals surface area contributed by atoms with E-state index in [0.717, 1.165) is 24.1 Å². The van der Waals surface area contributed by atoms with Crippen molar-refractivity contribution in [3.8, 4) is 0 Å². The molecule has 0 spiro atoms. The normalized spacial score (nSPS) is 19.1. The second-order valence-electron chi connectivity index (χ2n) is 6.40. The van der Waals surface area contributed by atoms with Gasteiger partial charge in [0.2, 0.25) is 10.0 Å². The molecule has 0 saturated carbocycles. The third kappa shape index (κ3) is 2.98. The van der Waals surface area contributed by atoms with Crippen LogP contribution in [0.1, 0.15) is 24.5 Å². The Morgan fingerprint density at radius 2 is 2.04 bits per heavy atom. The molecule has 0 radical (unpaired) electrons. The van der Waals surface area contributed by atoms with E-state index < -0.39 is 10.0 Å². The first-order valence-corrected chi connectivity index (χ1v) is 10.2. The van der Waals surface area contributed by atoms with Gasteiger partial charge in [0.15, 0.2) is 5.65 Å². The van der Waals surface area contributed by atoms with Gasteiger partial charge in [-0.3, -0.25) is 0 Å². The molecular weight excluding hydrogens is 374 g/mol.